The summed E-state index contributed by atoms with van der Waals surface area (Å²) in [6, 6.07) is 9.58. The van der Waals surface area contributed by atoms with Crippen LogP contribution < -0.4 is 0 Å². The molecule has 1 saturated carbocycles. The molecule has 0 unspecified atom stereocenters. The molecule has 0 aliphatic heterocycles. The van der Waals surface area contributed by atoms with Crippen LogP contribution in [0.15, 0.2) is 24.3 Å². The molecule has 0 spiro atoms. The number of hydrogen-bond donors (Lipinski definition) is 1. The monoisotopic (exact) mass is 247 g/mol. The van der Waals surface area contributed by atoms with Crippen LogP contribution in [0.25, 0.3) is 0 Å². The van der Waals surface area contributed by atoms with Crippen LogP contribution in [0.5, 0.6) is 0 Å². The molecule has 2 rings (SSSR count). The molecule has 2 heteroatoms. The molecule has 0 amide bonds. The summed E-state index contributed by atoms with van der Waals surface area (Å²) in [5.74, 6) is 0. The molecule has 0 heterocycles. The third-order valence-corrected chi connectivity index (χ3v) is 4.15. The van der Waals surface area contributed by atoms with Crippen LogP contribution in [0, 0.1) is 0 Å². The van der Waals surface area contributed by atoms with Crippen molar-refractivity contribution < 1.29 is 5.11 Å². The van der Waals surface area contributed by atoms with E-state index in [2.05, 4.69) is 43.1 Å². The van der Waals surface area contributed by atoms with E-state index in [0.717, 1.165) is 38.6 Å². The summed E-state index contributed by atoms with van der Waals surface area (Å²) < 4.78 is 0. The lowest BCUT2D eigenvalue weighted by atomic mass is 9.92. The van der Waals surface area contributed by atoms with Crippen molar-refractivity contribution >= 4 is 0 Å². The van der Waals surface area contributed by atoms with Gasteiger partial charge >= 0.3 is 0 Å². The number of aliphatic hydroxyl groups excluding tert-OH is 1. The zero-order valence-electron chi connectivity index (χ0n) is 11.6. The van der Waals surface area contributed by atoms with Gasteiger partial charge in [-0.1, -0.05) is 31.2 Å². The molecule has 100 valence electrons. The highest BCUT2D eigenvalue weighted by atomic mass is 16.3. The first kappa shape index (κ1) is 13.6. The zero-order valence-corrected chi connectivity index (χ0v) is 11.6. The van der Waals surface area contributed by atoms with Crippen molar-refractivity contribution in [2.24, 2.45) is 0 Å². The van der Waals surface area contributed by atoms with Gasteiger partial charge in [0.25, 0.3) is 0 Å². The number of hydrogen-bond acceptors (Lipinski definition) is 2. The summed E-state index contributed by atoms with van der Waals surface area (Å²) >= 11 is 0. The molecule has 18 heavy (non-hydrogen) atoms. The second-order valence-corrected chi connectivity index (χ2v) is 5.55. The van der Waals surface area contributed by atoms with Crippen LogP contribution in [0.3, 0.4) is 0 Å². The van der Waals surface area contributed by atoms with E-state index in [1.54, 1.807) is 0 Å². The smallest absolute Gasteiger partial charge is 0.0541 e. The highest BCUT2D eigenvalue weighted by Gasteiger charge is 2.22. The maximum absolute atomic E-state index is 9.54. The third kappa shape index (κ3) is 3.56. The van der Waals surface area contributed by atoms with E-state index in [-0.39, 0.29) is 6.10 Å². The Kier molecular flexibility index (Phi) is 4.79. The lowest BCUT2D eigenvalue weighted by Crippen LogP contribution is -2.35. The van der Waals surface area contributed by atoms with Crippen molar-refractivity contribution in [3.63, 3.8) is 0 Å². The van der Waals surface area contributed by atoms with Gasteiger partial charge in [0.15, 0.2) is 0 Å². The summed E-state index contributed by atoms with van der Waals surface area (Å²) in [6.07, 6.45) is 5.23. The number of nitrogens with zero attached hydrogens (tertiary/aromatic N) is 1. The SMILES string of the molecule is CCc1ccc(CN(C)C2CCC(O)CC2)cc1. The largest absolute Gasteiger partial charge is 0.393 e. The Morgan fingerprint density at radius 3 is 2.17 bits per heavy atom. The molecule has 0 atom stereocenters. The van der Waals surface area contributed by atoms with E-state index in [9.17, 15) is 5.11 Å². The van der Waals surface area contributed by atoms with E-state index >= 15 is 0 Å². The predicted octanol–water partition coefficient (Wildman–Crippen LogP) is 2.98. The Balaban J connectivity index is 1.87. The molecule has 1 fully saturated rings. The highest BCUT2D eigenvalue weighted by molar-refractivity contribution is 5.22. The molecule has 0 radical (unpaired) electrons. The van der Waals surface area contributed by atoms with Gasteiger partial charge in [0, 0.05) is 12.6 Å². The quantitative estimate of drug-likeness (QED) is 0.884. The summed E-state index contributed by atoms with van der Waals surface area (Å²) in [5.41, 5.74) is 2.79. The van der Waals surface area contributed by atoms with Gasteiger partial charge in [-0.2, -0.15) is 0 Å². The Labute approximate surface area is 111 Å². The van der Waals surface area contributed by atoms with Crippen LogP contribution in [0.4, 0.5) is 0 Å². The molecular weight excluding hydrogens is 222 g/mol. The maximum Gasteiger partial charge on any atom is 0.0541 e. The lowest BCUT2D eigenvalue weighted by Gasteiger charge is -2.33. The number of aliphatic hydroxyl groups is 1. The van der Waals surface area contributed by atoms with Crippen LogP contribution in [0.1, 0.15) is 43.7 Å². The molecule has 1 N–H and O–H groups in total. The van der Waals surface area contributed by atoms with Gasteiger partial charge in [0.05, 0.1) is 6.10 Å². The van der Waals surface area contributed by atoms with Gasteiger partial charge in [0.2, 0.25) is 0 Å². The molecular formula is C16H25NO. The summed E-state index contributed by atoms with van der Waals surface area (Å²) in [4.78, 5) is 2.44. The van der Waals surface area contributed by atoms with Gasteiger partial charge in [-0.05, 0) is 50.3 Å². The molecule has 1 aliphatic rings. The minimum absolute atomic E-state index is 0.0570. The van der Waals surface area contributed by atoms with Gasteiger partial charge in [0.1, 0.15) is 0 Å². The molecule has 1 aromatic rings. The number of benzene rings is 1. The topological polar surface area (TPSA) is 23.5 Å². The average Bonchev–Trinajstić information content (AvgIpc) is 2.40. The Hall–Kier alpha value is -0.860. The molecule has 2 nitrogen and oxygen atoms in total. The van der Waals surface area contributed by atoms with Crippen molar-refractivity contribution in [3.8, 4) is 0 Å². The third-order valence-electron chi connectivity index (χ3n) is 4.15. The van der Waals surface area contributed by atoms with Crippen LogP contribution in [-0.4, -0.2) is 29.2 Å². The van der Waals surface area contributed by atoms with E-state index in [0.29, 0.717) is 6.04 Å². The Morgan fingerprint density at radius 1 is 1.06 bits per heavy atom. The van der Waals surface area contributed by atoms with Crippen LogP contribution in [0.2, 0.25) is 0 Å². The lowest BCUT2D eigenvalue weighted by molar-refractivity contribution is 0.0818. The Bertz CT molecular complexity index is 352. The molecule has 0 bridgehead atoms. The van der Waals surface area contributed by atoms with Gasteiger partial charge in [-0.25, -0.2) is 0 Å². The summed E-state index contributed by atoms with van der Waals surface area (Å²) in [5, 5.41) is 9.54. The molecule has 1 aromatic carbocycles. The van der Waals surface area contributed by atoms with Gasteiger partial charge in [-0.15, -0.1) is 0 Å². The first-order valence-corrected chi connectivity index (χ1v) is 7.15. The molecule has 0 aromatic heterocycles. The second kappa shape index (κ2) is 6.35. The first-order chi connectivity index (χ1) is 8.69. The average molecular weight is 247 g/mol. The fourth-order valence-corrected chi connectivity index (χ4v) is 2.80. The first-order valence-electron chi connectivity index (χ1n) is 7.15. The predicted molar refractivity (Wildman–Crippen MR) is 75.5 cm³/mol. The maximum atomic E-state index is 9.54. The van der Waals surface area contributed by atoms with Crippen molar-refractivity contribution in [1.82, 2.24) is 4.90 Å². The minimum atomic E-state index is -0.0570. The fourth-order valence-electron chi connectivity index (χ4n) is 2.80. The molecule has 1 aliphatic carbocycles. The van der Waals surface area contributed by atoms with Gasteiger partial charge < -0.3 is 5.11 Å². The molecule has 0 saturated heterocycles. The van der Waals surface area contributed by atoms with Gasteiger partial charge in [-0.3, -0.25) is 4.90 Å². The van der Waals surface area contributed by atoms with E-state index in [1.165, 1.54) is 11.1 Å². The van der Waals surface area contributed by atoms with E-state index < -0.39 is 0 Å². The number of rotatable bonds is 4. The summed E-state index contributed by atoms with van der Waals surface area (Å²) in [6.45, 7) is 3.21. The standard InChI is InChI=1S/C16H25NO/c1-3-13-4-6-14(7-5-13)12-17(2)15-8-10-16(18)11-9-15/h4-7,15-16,18H,3,8-12H2,1-2H3. The fraction of sp³-hybridized carbons (Fsp3) is 0.625. The summed E-state index contributed by atoms with van der Waals surface area (Å²) in [7, 11) is 2.20. The zero-order chi connectivity index (χ0) is 13.0. The van der Waals surface area contributed by atoms with Crippen molar-refractivity contribution in [1.29, 1.82) is 0 Å². The second-order valence-electron chi connectivity index (χ2n) is 5.55. The highest BCUT2D eigenvalue weighted by Crippen LogP contribution is 2.23. The normalized spacial score (nSPS) is 24.4. The minimum Gasteiger partial charge on any atom is -0.393 e. The van der Waals surface area contributed by atoms with Crippen LogP contribution in [-0.2, 0) is 13.0 Å². The Morgan fingerprint density at radius 2 is 1.61 bits per heavy atom. The van der Waals surface area contributed by atoms with E-state index in [1.807, 2.05) is 0 Å². The van der Waals surface area contributed by atoms with Crippen molar-refractivity contribution in [2.75, 3.05) is 7.05 Å². The number of aryl methyl sites for hydroxylation is 1. The van der Waals surface area contributed by atoms with E-state index in [4.69, 9.17) is 0 Å². The van der Waals surface area contributed by atoms with Crippen LogP contribution >= 0.6 is 0 Å². The van der Waals surface area contributed by atoms with Crippen molar-refractivity contribution in [3.05, 3.63) is 35.4 Å². The van der Waals surface area contributed by atoms with Crippen molar-refractivity contribution in [2.45, 2.75) is 57.7 Å².